The second-order valence-electron chi connectivity index (χ2n) is 6.54. The molecule has 2 aliphatic rings. The highest BCUT2D eigenvalue weighted by molar-refractivity contribution is 7.09. The molecule has 128 valence electrons. The monoisotopic (exact) mass is 352 g/mol. The number of hydrogen-bond acceptors (Lipinski definition) is 4. The molecule has 24 heavy (non-hydrogen) atoms. The van der Waals surface area contributed by atoms with Crippen molar-refractivity contribution < 1.29 is 13.6 Å². The summed E-state index contributed by atoms with van der Waals surface area (Å²) in [5.74, 6) is -3.39. The van der Waals surface area contributed by atoms with Crippen molar-refractivity contribution >= 4 is 17.2 Å². The van der Waals surface area contributed by atoms with E-state index in [0.717, 1.165) is 17.9 Å². The van der Waals surface area contributed by atoms with Crippen molar-refractivity contribution in [1.29, 1.82) is 0 Å². The summed E-state index contributed by atoms with van der Waals surface area (Å²) in [5, 5.41) is 2.02. The third-order valence-electron chi connectivity index (χ3n) is 4.62. The fraction of sp³-hybridized carbons (Fsp3) is 0.500. The van der Waals surface area contributed by atoms with E-state index in [1.165, 1.54) is 9.78 Å². The second-order valence-corrected chi connectivity index (χ2v) is 7.57. The van der Waals surface area contributed by atoms with Crippen molar-refractivity contribution in [2.75, 3.05) is 19.6 Å². The number of rotatable bonds is 3. The highest BCUT2D eigenvalue weighted by Crippen LogP contribution is 2.34. The lowest BCUT2D eigenvalue weighted by Gasteiger charge is -2.42. The molecule has 4 heterocycles. The SMILES string of the molecule is Cn1cnc2c1[C@H](C(=O)N1CC(F)(F)C1)CN(Cc1cccs1)C2. The summed E-state index contributed by atoms with van der Waals surface area (Å²) in [7, 11) is 1.85. The van der Waals surface area contributed by atoms with Crippen molar-refractivity contribution in [3.63, 3.8) is 0 Å². The summed E-state index contributed by atoms with van der Waals surface area (Å²) in [5.41, 5.74) is 1.73. The van der Waals surface area contributed by atoms with Gasteiger partial charge in [-0.2, -0.15) is 0 Å². The Morgan fingerprint density at radius 3 is 2.92 bits per heavy atom. The van der Waals surface area contributed by atoms with Crippen LogP contribution in [0, 0.1) is 0 Å². The average molecular weight is 352 g/mol. The molecule has 8 heteroatoms. The molecule has 1 atom stereocenters. The minimum atomic E-state index is -2.74. The third-order valence-corrected chi connectivity index (χ3v) is 5.48. The molecule has 0 aromatic carbocycles. The third kappa shape index (κ3) is 2.73. The van der Waals surface area contributed by atoms with Gasteiger partial charge in [-0.05, 0) is 11.4 Å². The van der Waals surface area contributed by atoms with Crippen LogP contribution in [0.3, 0.4) is 0 Å². The molecule has 2 aromatic rings. The van der Waals surface area contributed by atoms with E-state index < -0.39 is 24.9 Å². The highest BCUT2D eigenvalue weighted by Gasteiger charge is 2.49. The molecule has 2 aliphatic heterocycles. The number of aromatic nitrogens is 2. The van der Waals surface area contributed by atoms with E-state index in [4.69, 9.17) is 0 Å². The van der Waals surface area contributed by atoms with Crippen molar-refractivity contribution in [2.45, 2.75) is 24.9 Å². The van der Waals surface area contributed by atoms with Crippen LogP contribution in [0.2, 0.25) is 0 Å². The lowest BCUT2D eigenvalue weighted by molar-refractivity contribution is -0.168. The topological polar surface area (TPSA) is 41.4 Å². The Labute approximate surface area is 142 Å². The van der Waals surface area contributed by atoms with Crippen LogP contribution >= 0.6 is 11.3 Å². The number of aryl methyl sites for hydroxylation is 1. The van der Waals surface area contributed by atoms with Crippen molar-refractivity contribution in [2.24, 2.45) is 7.05 Å². The zero-order valence-corrected chi connectivity index (χ0v) is 14.1. The molecule has 1 fully saturated rings. The zero-order chi connectivity index (χ0) is 16.9. The Kier molecular flexibility index (Phi) is 3.69. The van der Waals surface area contributed by atoms with Gasteiger partial charge < -0.3 is 9.47 Å². The fourth-order valence-corrected chi connectivity index (χ4v) is 4.25. The minimum Gasteiger partial charge on any atom is -0.337 e. The molecule has 1 amide bonds. The van der Waals surface area contributed by atoms with Gasteiger partial charge in [0.1, 0.15) is 0 Å². The number of thiophene rings is 1. The molecule has 0 unspecified atom stereocenters. The predicted octanol–water partition coefficient (Wildman–Crippen LogP) is 2.06. The first-order valence-electron chi connectivity index (χ1n) is 7.84. The molecule has 4 rings (SSSR count). The summed E-state index contributed by atoms with van der Waals surface area (Å²) in [6.45, 7) is 1.01. The zero-order valence-electron chi connectivity index (χ0n) is 13.3. The number of carbonyl (C=O) groups is 1. The maximum atomic E-state index is 13.1. The van der Waals surface area contributed by atoms with Crippen LogP contribution in [-0.2, 0) is 24.9 Å². The van der Waals surface area contributed by atoms with E-state index in [0.29, 0.717) is 13.1 Å². The van der Waals surface area contributed by atoms with Crippen LogP contribution in [0.4, 0.5) is 8.78 Å². The number of hydrogen-bond donors (Lipinski definition) is 0. The van der Waals surface area contributed by atoms with E-state index in [-0.39, 0.29) is 5.91 Å². The first-order chi connectivity index (χ1) is 11.4. The Morgan fingerprint density at radius 1 is 1.46 bits per heavy atom. The Bertz CT molecular complexity index is 750. The van der Waals surface area contributed by atoms with Gasteiger partial charge in [-0.3, -0.25) is 9.69 Å². The van der Waals surface area contributed by atoms with Crippen molar-refractivity contribution in [3.8, 4) is 0 Å². The summed E-state index contributed by atoms with van der Waals surface area (Å²) in [6.07, 6.45) is 1.70. The summed E-state index contributed by atoms with van der Waals surface area (Å²) >= 11 is 1.67. The van der Waals surface area contributed by atoms with Crippen LogP contribution < -0.4 is 0 Å². The molecule has 0 saturated carbocycles. The van der Waals surface area contributed by atoms with Crippen LogP contribution in [0.5, 0.6) is 0 Å². The Hall–Kier alpha value is -1.80. The van der Waals surface area contributed by atoms with E-state index in [1.807, 2.05) is 23.1 Å². The van der Waals surface area contributed by atoms with Gasteiger partial charge in [0.2, 0.25) is 5.91 Å². The first-order valence-corrected chi connectivity index (χ1v) is 8.72. The Morgan fingerprint density at radius 2 is 2.25 bits per heavy atom. The number of alkyl halides is 2. The average Bonchev–Trinajstić information content (AvgIpc) is 3.14. The molecule has 0 bridgehead atoms. The van der Waals surface area contributed by atoms with Crippen LogP contribution in [0.15, 0.2) is 23.8 Å². The van der Waals surface area contributed by atoms with E-state index in [9.17, 15) is 13.6 Å². The van der Waals surface area contributed by atoms with E-state index in [2.05, 4.69) is 16.0 Å². The molecule has 0 radical (unpaired) electrons. The largest absolute Gasteiger partial charge is 0.337 e. The molecular weight excluding hydrogens is 334 g/mol. The summed E-state index contributed by atoms with van der Waals surface area (Å²) in [6, 6.07) is 4.06. The standard InChI is InChI=1S/C16H18F2N4OS/c1-20-10-19-13-7-21(5-11-3-2-4-24-11)6-12(14(13)20)15(23)22-8-16(17,18)9-22/h2-4,10,12H,5-9H2,1H3/t12-/m1/s1. The molecular formula is C16H18F2N4OS. The number of nitrogens with zero attached hydrogens (tertiary/aromatic N) is 4. The van der Waals surface area contributed by atoms with Crippen molar-refractivity contribution in [1.82, 2.24) is 19.4 Å². The smallest absolute Gasteiger partial charge is 0.282 e. The lowest BCUT2D eigenvalue weighted by atomic mass is 9.94. The van der Waals surface area contributed by atoms with Crippen LogP contribution in [-0.4, -0.2) is 50.8 Å². The van der Waals surface area contributed by atoms with Gasteiger partial charge >= 0.3 is 0 Å². The summed E-state index contributed by atoms with van der Waals surface area (Å²) in [4.78, 5) is 21.8. The van der Waals surface area contributed by atoms with Gasteiger partial charge in [-0.25, -0.2) is 13.8 Å². The highest BCUT2D eigenvalue weighted by atomic mass is 32.1. The molecule has 1 saturated heterocycles. The summed E-state index contributed by atoms with van der Waals surface area (Å²) < 4.78 is 28.1. The van der Waals surface area contributed by atoms with Gasteiger partial charge in [-0.15, -0.1) is 11.3 Å². The van der Waals surface area contributed by atoms with Gasteiger partial charge in [0.15, 0.2) is 0 Å². The molecule has 2 aromatic heterocycles. The van der Waals surface area contributed by atoms with Gasteiger partial charge in [-0.1, -0.05) is 6.07 Å². The minimum absolute atomic E-state index is 0.221. The van der Waals surface area contributed by atoms with E-state index in [1.54, 1.807) is 17.7 Å². The number of likely N-dealkylation sites (tertiary alicyclic amines) is 1. The Balaban J connectivity index is 1.57. The maximum Gasteiger partial charge on any atom is 0.282 e. The van der Waals surface area contributed by atoms with Gasteiger partial charge in [0.05, 0.1) is 36.7 Å². The normalized spacial score (nSPS) is 23.0. The maximum absolute atomic E-state index is 13.1. The lowest BCUT2D eigenvalue weighted by Crippen LogP contribution is -2.60. The number of imidazole rings is 1. The van der Waals surface area contributed by atoms with E-state index >= 15 is 0 Å². The molecule has 0 spiro atoms. The molecule has 0 aliphatic carbocycles. The molecule has 5 nitrogen and oxygen atoms in total. The number of carbonyl (C=O) groups excluding carboxylic acids is 1. The number of halogens is 2. The van der Waals surface area contributed by atoms with Gasteiger partial charge in [0, 0.05) is 31.6 Å². The van der Waals surface area contributed by atoms with Crippen LogP contribution in [0.25, 0.3) is 0 Å². The number of fused-ring (bicyclic) bond motifs is 1. The number of amides is 1. The first kappa shape index (κ1) is 15.7. The fourth-order valence-electron chi connectivity index (χ4n) is 3.50. The predicted molar refractivity (Wildman–Crippen MR) is 85.9 cm³/mol. The molecule has 0 N–H and O–H groups in total. The van der Waals surface area contributed by atoms with Crippen molar-refractivity contribution in [3.05, 3.63) is 40.1 Å². The van der Waals surface area contributed by atoms with Crippen LogP contribution in [0.1, 0.15) is 22.2 Å². The van der Waals surface area contributed by atoms with Gasteiger partial charge in [0.25, 0.3) is 5.92 Å². The quantitative estimate of drug-likeness (QED) is 0.849. The second kappa shape index (κ2) is 5.63.